The average Bonchev–Trinajstić information content (AvgIpc) is 2.96. The molecule has 1 aliphatic rings. The molecule has 1 heterocycles. The Kier molecular flexibility index (Phi) is 3.09. The summed E-state index contributed by atoms with van der Waals surface area (Å²) in [5.41, 5.74) is 5.74. The van der Waals surface area contributed by atoms with E-state index in [9.17, 15) is 0 Å². The maximum atomic E-state index is 8.94. The zero-order valence-corrected chi connectivity index (χ0v) is 12.8. The van der Waals surface area contributed by atoms with E-state index >= 15 is 0 Å². The molecule has 0 N–H and O–H groups in total. The van der Waals surface area contributed by atoms with E-state index in [1.54, 1.807) is 6.20 Å². The zero-order valence-electron chi connectivity index (χ0n) is 12.8. The summed E-state index contributed by atoms with van der Waals surface area (Å²) in [6, 6.07) is 23.0. The Hall–Kier alpha value is -3.12. The molecule has 3 aromatic rings. The van der Waals surface area contributed by atoms with Crippen LogP contribution in [0.4, 0.5) is 5.82 Å². The first kappa shape index (κ1) is 13.5. The van der Waals surface area contributed by atoms with E-state index in [0.717, 1.165) is 5.82 Å². The van der Waals surface area contributed by atoms with Crippen LogP contribution in [0.5, 0.6) is 0 Å². The lowest BCUT2D eigenvalue weighted by atomic mass is 10.0. The topological polar surface area (TPSA) is 39.9 Å². The van der Waals surface area contributed by atoms with Gasteiger partial charge in [0.05, 0.1) is 11.6 Å². The van der Waals surface area contributed by atoms with Crippen LogP contribution in [0.1, 0.15) is 22.7 Å². The maximum Gasteiger partial charge on any atom is 0.129 e. The number of aromatic nitrogens is 1. The Labute approximate surface area is 135 Å². The fourth-order valence-corrected chi connectivity index (χ4v) is 3.34. The molecule has 4 rings (SSSR count). The van der Waals surface area contributed by atoms with Crippen molar-refractivity contribution in [1.82, 2.24) is 4.98 Å². The molecular formula is C20H15N3. The molecule has 2 aromatic carbocycles. The summed E-state index contributed by atoms with van der Waals surface area (Å²) in [4.78, 5) is 6.62. The van der Waals surface area contributed by atoms with E-state index in [-0.39, 0.29) is 6.04 Å². The Morgan fingerprint density at radius 1 is 0.913 bits per heavy atom. The first-order valence-corrected chi connectivity index (χ1v) is 7.57. The lowest BCUT2D eigenvalue weighted by Gasteiger charge is -2.27. The summed E-state index contributed by atoms with van der Waals surface area (Å²) in [6.45, 7) is 0. The van der Waals surface area contributed by atoms with Crippen LogP contribution in [0, 0.1) is 11.3 Å². The molecule has 1 aromatic heterocycles. The van der Waals surface area contributed by atoms with Gasteiger partial charge in [0.1, 0.15) is 11.9 Å². The number of hydrogen-bond donors (Lipinski definition) is 0. The van der Waals surface area contributed by atoms with Crippen LogP contribution in [-0.4, -0.2) is 12.0 Å². The van der Waals surface area contributed by atoms with Gasteiger partial charge in [0.25, 0.3) is 0 Å². The number of nitrogens with zero attached hydrogens (tertiary/aromatic N) is 3. The second-order valence-corrected chi connectivity index (χ2v) is 5.70. The summed E-state index contributed by atoms with van der Waals surface area (Å²) in [5, 5.41) is 8.94. The minimum atomic E-state index is 0.142. The number of rotatable bonds is 2. The third-order valence-electron chi connectivity index (χ3n) is 4.43. The molecule has 3 heteroatoms. The molecular weight excluding hydrogens is 282 g/mol. The molecule has 0 saturated heterocycles. The van der Waals surface area contributed by atoms with Gasteiger partial charge in [0, 0.05) is 13.2 Å². The van der Waals surface area contributed by atoms with Crippen molar-refractivity contribution in [3.63, 3.8) is 0 Å². The first-order chi connectivity index (χ1) is 11.3. The lowest BCUT2D eigenvalue weighted by molar-refractivity contribution is 0.787. The molecule has 3 nitrogen and oxygen atoms in total. The Morgan fingerprint density at radius 3 is 2.04 bits per heavy atom. The Balaban J connectivity index is 1.83. The van der Waals surface area contributed by atoms with Crippen LogP contribution < -0.4 is 4.90 Å². The summed E-state index contributed by atoms with van der Waals surface area (Å²) < 4.78 is 0. The molecule has 0 bridgehead atoms. The van der Waals surface area contributed by atoms with Crippen molar-refractivity contribution in [1.29, 1.82) is 5.26 Å². The number of benzene rings is 2. The Morgan fingerprint density at radius 2 is 1.52 bits per heavy atom. The monoisotopic (exact) mass is 297 g/mol. The highest BCUT2D eigenvalue weighted by molar-refractivity contribution is 5.80. The zero-order chi connectivity index (χ0) is 15.8. The van der Waals surface area contributed by atoms with Gasteiger partial charge in [0.15, 0.2) is 0 Å². The third kappa shape index (κ3) is 2.08. The largest absolute Gasteiger partial charge is 0.348 e. The normalized spacial score (nSPS) is 12.3. The smallest absolute Gasteiger partial charge is 0.129 e. The summed E-state index contributed by atoms with van der Waals surface area (Å²) in [5.74, 6) is 0.862. The van der Waals surface area contributed by atoms with Crippen LogP contribution >= 0.6 is 0 Å². The first-order valence-electron chi connectivity index (χ1n) is 7.57. The van der Waals surface area contributed by atoms with E-state index in [1.165, 1.54) is 22.3 Å². The van der Waals surface area contributed by atoms with E-state index in [2.05, 4.69) is 71.5 Å². The maximum absolute atomic E-state index is 8.94. The van der Waals surface area contributed by atoms with Crippen molar-refractivity contribution in [3.05, 3.63) is 83.6 Å². The molecule has 0 amide bonds. The van der Waals surface area contributed by atoms with Gasteiger partial charge in [-0.1, -0.05) is 48.5 Å². The minimum Gasteiger partial charge on any atom is -0.348 e. The van der Waals surface area contributed by atoms with E-state index < -0.39 is 0 Å². The van der Waals surface area contributed by atoms with Gasteiger partial charge in [-0.2, -0.15) is 5.26 Å². The molecule has 0 unspecified atom stereocenters. The second-order valence-electron chi connectivity index (χ2n) is 5.70. The fraction of sp³-hybridized carbons (Fsp3) is 0.100. The summed E-state index contributed by atoms with van der Waals surface area (Å²) in [7, 11) is 2.05. The van der Waals surface area contributed by atoms with Gasteiger partial charge in [-0.15, -0.1) is 0 Å². The molecule has 0 aliphatic heterocycles. The van der Waals surface area contributed by atoms with Gasteiger partial charge in [0.2, 0.25) is 0 Å². The quantitative estimate of drug-likeness (QED) is 0.713. The highest BCUT2D eigenvalue weighted by Gasteiger charge is 2.31. The molecule has 23 heavy (non-hydrogen) atoms. The highest BCUT2D eigenvalue weighted by atomic mass is 15.2. The molecule has 1 aliphatic carbocycles. The van der Waals surface area contributed by atoms with Crippen LogP contribution in [-0.2, 0) is 0 Å². The van der Waals surface area contributed by atoms with Gasteiger partial charge < -0.3 is 4.90 Å². The van der Waals surface area contributed by atoms with Crippen LogP contribution in [0.3, 0.4) is 0 Å². The molecule has 0 radical (unpaired) electrons. The summed E-state index contributed by atoms with van der Waals surface area (Å²) >= 11 is 0. The van der Waals surface area contributed by atoms with Gasteiger partial charge in [-0.3, -0.25) is 0 Å². The fourth-order valence-electron chi connectivity index (χ4n) is 3.34. The van der Waals surface area contributed by atoms with Crippen molar-refractivity contribution in [2.45, 2.75) is 6.04 Å². The number of hydrogen-bond acceptors (Lipinski definition) is 3. The minimum absolute atomic E-state index is 0.142. The standard InChI is InChI=1S/C20H15N3/c1-23(19-11-10-14(12-21)13-22-19)20-17-8-4-2-6-15(17)16-7-3-5-9-18(16)20/h2-11,13,20H,1H3. The second kappa shape index (κ2) is 5.26. The van der Waals surface area contributed by atoms with Crippen molar-refractivity contribution in [3.8, 4) is 17.2 Å². The van der Waals surface area contributed by atoms with Crippen LogP contribution in [0.2, 0.25) is 0 Å². The van der Waals surface area contributed by atoms with E-state index in [0.29, 0.717) is 5.56 Å². The predicted molar refractivity (Wildman–Crippen MR) is 91.1 cm³/mol. The van der Waals surface area contributed by atoms with Crippen LogP contribution in [0.25, 0.3) is 11.1 Å². The van der Waals surface area contributed by atoms with Crippen molar-refractivity contribution < 1.29 is 0 Å². The average molecular weight is 297 g/mol. The molecule has 0 spiro atoms. The highest BCUT2D eigenvalue weighted by Crippen LogP contribution is 2.46. The third-order valence-corrected chi connectivity index (χ3v) is 4.43. The predicted octanol–water partition coefficient (Wildman–Crippen LogP) is 4.16. The number of pyridine rings is 1. The SMILES string of the molecule is CN(c1ccc(C#N)cn1)C1c2ccccc2-c2ccccc21. The molecule has 0 fully saturated rings. The molecule has 0 saturated carbocycles. The van der Waals surface area contributed by atoms with Crippen molar-refractivity contribution >= 4 is 5.82 Å². The van der Waals surface area contributed by atoms with E-state index in [1.807, 2.05) is 12.1 Å². The van der Waals surface area contributed by atoms with Crippen LogP contribution in [0.15, 0.2) is 66.9 Å². The molecule has 0 atom stereocenters. The van der Waals surface area contributed by atoms with Gasteiger partial charge in [-0.05, 0) is 34.4 Å². The molecule has 110 valence electrons. The van der Waals surface area contributed by atoms with Gasteiger partial charge >= 0.3 is 0 Å². The number of anilines is 1. The number of nitriles is 1. The Bertz CT molecular complexity index is 861. The summed E-state index contributed by atoms with van der Waals surface area (Å²) in [6.07, 6.45) is 1.62. The lowest BCUT2D eigenvalue weighted by Crippen LogP contribution is -2.24. The van der Waals surface area contributed by atoms with Gasteiger partial charge in [-0.25, -0.2) is 4.98 Å². The van der Waals surface area contributed by atoms with Crippen molar-refractivity contribution in [2.75, 3.05) is 11.9 Å². The number of fused-ring (bicyclic) bond motifs is 3. The van der Waals surface area contributed by atoms with Crippen molar-refractivity contribution in [2.24, 2.45) is 0 Å². The van der Waals surface area contributed by atoms with E-state index in [4.69, 9.17) is 5.26 Å².